The van der Waals surface area contributed by atoms with Crippen molar-refractivity contribution >= 4 is 17.9 Å². The second-order valence-corrected chi connectivity index (χ2v) is 17.4. The largest absolute Gasteiger partial charge is 0.462 e. The third-order valence-corrected chi connectivity index (χ3v) is 10.9. The van der Waals surface area contributed by atoms with Gasteiger partial charge < -0.3 is 14.2 Å². The maximum Gasteiger partial charge on any atom is 0.306 e. The molecule has 0 amide bonds. The zero-order valence-corrected chi connectivity index (χ0v) is 43.6. The molecule has 0 radical (unpaired) electrons. The van der Waals surface area contributed by atoms with Crippen LogP contribution in [0.3, 0.4) is 0 Å². The Kier molecular flexibility index (Phi) is 51.5. The van der Waals surface area contributed by atoms with Crippen molar-refractivity contribution in [2.75, 3.05) is 13.2 Å². The summed E-state index contributed by atoms with van der Waals surface area (Å²) in [7, 11) is 0. The van der Waals surface area contributed by atoms with Crippen LogP contribution in [-0.4, -0.2) is 37.2 Å². The molecule has 0 aliphatic carbocycles. The fraction of sp³-hybridized carbons (Fsp3) is 0.597. The standard InChI is InChI=1S/C62H98O6/c1-4-7-10-13-15-17-19-20-21-22-23-24-25-26-27-28-29-30-31-32-33-34-35-36-37-38-39-40-41-42-43-45-46-49-52-55-61(64)67-58-59(57-66-60(63)54-51-48-12-9-6-3)68-62(65)56-53-50-47-44-18-16-14-11-8-5-2/h7,10-11,14-15,17,20-21,23-24,26-27,29-30,32-33,35-36,38-39,41-42,59H,4-6,8-9,12-13,16,18-19,22,25,28,31,34,37,40,43-58H2,1-3H3/b10-7-,14-11-,17-15-,21-20-,24-23-,27-26-,30-29-,33-32-,36-35-,39-38-,42-41-. The van der Waals surface area contributed by atoms with Crippen LogP contribution in [0.4, 0.5) is 0 Å². The third-order valence-electron chi connectivity index (χ3n) is 10.9. The number of unbranched alkanes of at least 4 members (excludes halogenated alkanes) is 14. The van der Waals surface area contributed by atoms with Crippen LogP contribution < -0.4 is 0 Å². The average molecular weight is 939 g/mol. The summed E-state index contributed by atoms with van der Waals surface area (Å²) >= 11 is 0. The van der Waals surface area contributed by atoms with E-state index < -0.39 is 6.10 Å². The third kappa shape index (κ3) is 52.5. The van der Waals surface area contributed by atoms with Gasteiger partial charge in [0.2, 0.25) is 0 Å². The maximum absolute atomic E-state index is 12.7. The maximum atomic E-state index is 12.7. The highest BCUT2D eigenvalue weighted by Gasteiger charge is 2.19. The zero-order valence-electron chi connectivity index (χ0n) is 43.6. The van der Waals surface area contributed by atoms with Gasteiger partial charge in [-0.3, -0.25) is 14.4 Å². The predicted octanol–water partition coefficient (Wildman–Crippen LogP) is 18.3. The topological polar surface area (TPSA) is 78.9 Å². The number of carbonyl (C=O) groups is 3. The SMILES string of the molecule is CC/C=C\C/C=C\C/C=C\C/C=C\C/C=C\C/C=C\C/C=C\C/C=C\C/C=C\C/C=C\CCCCCCC(=O)OCC(COC(=O)CCCCCCC)OC(=O)CCCCCCC/C=C\CCC. The fourth-order valence-corrected chi connectivity index (χ4v) is 6.82. The molecule has 0 N–H and O–H groups in total. The van der Waals surface area contributed by atoms with Crippen molar-refractivity contribution in [2.24, 2.45) is 0 Å². The summed E-state index contributed by atoms with van der Waals surface area (Å²) < 4.78 is 16.6. The normalized spacial score (nSPS) is 13.2. The molecule has 1 atom stereocenters. The van der Waals surface area contributed by atoms with E-state index in [1.54, 1.807) is 0 Å². The minimum atomic E-state index is -0.790. The number of rotatable bonds is 47. The molecule has 0 rings (SSSR count). The quantitative estimate of drug-likeness (QED) is 0.0262. The number of hydrogen-bond acceptors (Lipinski definition) is 6. The van der Waals surface area contributed by atoms with E-state index in [1.807, 2.05) is 0 Å². The highest BCUT2D eigenvalue weighted by molar-refractivity contribution is 5.71. The van der Waals surface area contributed by atoms with Crippen molar-refractivity contribution in [1.29, 1.82) is 0 Å². The average Bonchev–Trinajstić information content (AvgIpc) is 3.34. The van der Waals surface area contributed by atoms with E-state index in [2.05, 4.69) is 154 Å². The van der Waals surface area contributed by atoms with Gasteiger partial charge in [-0.15, -0.1) is 0 Å². The summed E-state index contributed by atoms with van der Waals surface area (Å²) in [4.78, 5) is 37.5. The Morgan fingerprint density at radius 3 is 0.971 bits per heavy atom. The summed E-state index contributed by atoms with van der Waals surface area (Å²) in [6.45, 7) is 6.32. The smallest absolute Gasteiger partial charge is 0.306 e. The summed E-state index contributed by atoms with van der Waals surface area (Å²) in [6.07, 6.45) is 77.9. The van der Waals surface area contributed by atoms with E-state index in [4.69, 9.17) is 14.2 Å². The lowest BCUT2D eigenvalue weighted by Gasteiger charge is -2.18. The summed E-state index contributed by atoms with van der Waals surface area (Å²) in [5, 5.41) is 0. The van der Waals surface area contributed by atoms with Gasteiger partial charge in [-0.05, 0) is 116 Å². The van der Waals surface area contributed by atoms with E-state index in [9.17, 15) is 14.4 Å². The van der Waals surface area contributed by atoms with Gasteiger partial charge in [-0.2, -0.15) is 0 Å². The number of ether oxygens (including phenoxy) is 3. The molecule has 6 heteroatoms. The van der Waals surface area contributed by atoms with E-state index in [0.717, 1.165) is 167 Å². The first-order valence-electron chi connectivity index (χ1n) is 27.2. The Hall–Kier alpha value is -4.45. The van der Waals surface area contributed by atoms with Crippen LogP contribution in [0, 0.1) is 0 Å². The first-order chi connectivity index (χ1) is 33.5. The minimum absolute atomic E-state index is 0.0934. The summed E-state index contributed by atoms with van der Waals surface area (Å²) in [5.41, 5.74) is 0. The lowest BCUT2D eigenvalue weighted by molar-refractivity contribution is -0.167. The van der Waals surface area contributed by atoms with Gasteiger partial charge in [0.15, 0.2) is 6.10 Å². The van der Waals surface area contributed by atoms with Gasteiger partial charge in [-0.25, -0.2) is 0 Å². The van der Waals surface area contributed by atoms with Crippen molar-refractivity contribution in [2.45, 2.75) is 226 Å². The lowest BCUT2D eigenvalue weighted by atomic mass is 10.1. The van der Waals surface area contributed by atoms with Crippen molar-refractivity contribution < 1.29 is 28.6 Å². The molecule has 0 saturated carbocycles. The van der Waals surface area contributed by atoms with Gasteiger partial charge >= 0.3 is 17.9 Å². The molecule has 0 fully saturated rings. The summed E-state index contributed by atoms with van der Waals surface area (Å²) in [5.74, 6) is -0.955. The van der Waals surface area contributed by atoms with Crippen LogP contribution in [0.1, 0.15) is 220 Å². The van der Waals surface area contributed by atoms with E-state index in [1.165, 1.54) is 12.8 Å². The van der Waals surface area contributed by atoms with E-state index in [-0.39, 0.29) is 31.1 Å². The van der Waals surface area contributed by atoms with E-state index in [0.29, 0.717) is 19.3 Å². The van der Waals surface area contributed by atoms with Crippen LogP contribution in [0.5, 0.6) is 0 Å². The second kappa shape index (κ2) is 55.1. The lowest BCUT2D eigenvalue weighted by Crippen LogP contribution is -2.30. The van der Waals surface area contributed by atoms with Crippen LogP contribution in [0.2, 0.25) is 0 Å². The molecule has 382 valence electrons. The molecular weight excluding hydrogens is 841 g/mol. The molecular formula is C62H98O6. The monoisotopic (exact) mass is 939 g/mol. The molecule has 0 aromatic heterocycles. The Morgan fingerprint density at radius 2 is 0.603 bits per heavy atom. The number of carbonyl (C=O) groups excluding carboxylic acids is 3. The number of allylic oxidation sites excluding steroid dienone is 22. The second-order valence-electron chi connectivity index (χ2n) is 17.4. The first-order valence-corrected chi connectivity index (χ1v) is 27.2. The van der Waals surface area contributed by atoms with Crippen molar-refractivity contribution in [3.8, 4) is 0 Å². The zero-order chi connectivity index (χ0) is 49.3. The number of hydrogen-bond donors (Lipinski definition) is 0. The molecule has 68 heavy (non-hydrogen) atoms. The highest BCUT2D eigenvalue weighted by Crippen LogP contribution is 2.12. The van der Waals surface area contributed by atoms with Crippen LogP contribution >= 0.6 is 0 Å². The molecule has 0 aliphatic heterocycles. The Bertz CT molecular complexity index is 1500. The Balaban J connectivity index is 4.10. The van der Waals surface area contributed by atoms with Crippen LogP contribution in [0.25, 0.3) is 0 Å². The Labute approximate surface area is 417 Å². The molecule has 0 heterocycles. The van der Waals surface area contributed by atoms with E-state index >= 15 is 0 Å². The van der Waals surface area contributed by atoms with Crippen molar-refractivity contribution in [1.82, 2.24) is 0 Å². The summed E-state index contributed by atoms with van der Waals surface area (Å²) in [6, 6.07) is 0. The molecule has 1 unspecified atom stereocenters. The minimum Gasteiger partial charge on any atom is -0.462 e. The molecule has 0 bridgehead atoms. The van der Waals surface area contributed by atoms with Gasteiger partial charge in [-0.1, -0.05) is 219 Å². The highest BCUT2D eigenvalue weighted by atomic mass is 16.6. The molecule has 0 spiro atoms. The van der Waals surface area contributed by atoms with Gasteiger partial charge in [0.05, 0.1) is 0 Å². The van der Waals surface area contributed by atoms with Crippen molar-refractivity contribution in [3.05, 3.63) is 134 Å². The van der Waals surface area contributed by atoms with Gasteiger partial charge in [0, 0.05) is 19.3 Å². The van der Waals surface area contributed by atoms with Crippen LogP contribution in [0.15, 0.2) is 134 Å². The number of esters is 3. The molecule has 0 aromatic rings. The van der Waals surface area contributed by atoms with Gasteiger partial charge in [0.1, 0.15) is 13.2 Å². The molecule has 0 saturated heterocycles. The molecule has 0 aliphatic rings. The molecule has 0 aromatic carbocycles. The molecule has 6 nitrogen and oxygen atoms in total. The van der Waals surface area contributed by atoms with Gasteiger partial charge in [0.25, 0.3) is 0 Å². The van der Waals surface area contributed by atoms with Crippen molar-refractivity contribution in [3.63, 3.8) is 0 Å². The fourth-order valence-electron chi connectivity index (χ4n) is 6.82. The predicted molar refractivity (Wildman–Crippen MR) is 292 cm³/mol. The Morgan fingerprint density at radius 1 is 0.309 bits per heavy atom. The van der Waals surface area contributed by atoms with Crippen LogP contribution in [-0.2, 0) is 28.6 Å². The first kappa shape index (κ1) is 63.5.